The van der Waals surface area contributed by atoms with E-state index >= 15 is 0 Å². The zero-order valence-corrected chi connectivity index (χ0v) is 22.8. The summed E-state index contributed by atoms with van der Waals surface area (Å²) in [6.45, 7) is 10.1. The Morgan fingerprint density at radius 1 is 0.974 bits per heavy atom. The molecule has 2 N–H and O–H groups in total. The van der Waals surface area contributed by atoms with Gasteiger partial charge in [-0.05, 0) is 81.4 Å². The molecule has 0 aliphatic carbocycles. The van der Waals surface area contributed by atoms with Gasteiger partial charge in [0.2, 0.25) is 0 Å². The Bertz CT molecular complexity index is 1080. The van der Waals surface area contributed by atoms with E-state index in [4.69, 9.17) is 0 Å². The Balaban J connectivity index is 0.00000195. The molecule has 4 nitrogen and oxygen atoms in total. The number of aryl methyl sites for hydroxylation is 1. The molecule has 2 heterocycles. The minimum absolute atomic E-state index is 0.00964. The first-order valence-corrected chi connectivity index (χ1v) is 13.8. The van der Waals surface area contributed by atoms with Crippen molar-refractivity contribution in [3.05, 3.63) is 89.6 Å². The Kier molecular flexibility index (Phi) is 11.6. The van der Waals surface area contributed by atoms with E-state index in [9.17, 15) is 13.2 Å². The van der Waals surface area contributed by atoms with E-state index in [1.807, 2.05) is 26.0 Å². The van der Waals surface area contributed by atoms with Crippen molar-refractivity contribution < 1.29 is 13.2 Å². The van der Waals surface area contributed by atoms with Crippen LogP contribution < -0.4 is 10.6 Å². The second-order valence-electron chi connectivity index (χ2n) is 9.63. The van der Waals surface area contributed by atoms with Crippen molar-refractivity contribution in [3.63, 3.8) is 0 Å². The van der Waals surface area contributed by atoms with Gasteiger partial charge in [0.05, 0.1) is 5.56 Å². The van der Waals surface area contributed by atoms with Gasteiger partial charge in [-0.15, -0.1) is 0 Å². The Labute approximate surface area is 225 Å². The van der Waals surface area contributed by atoms with Crippen LogP contribution >= 0.6 is 0 Å². The summed E-state index contributed by atoms with van der Waals surface area (Å²) in [6.07, 6.45) is 2.18. The minimum atomic E-state index is -4.38. The third kappa shape index (κ3) is 9.14. The molecule has 0 bridgehead atoms. The summed E-state index contributed by atoms with van der Waals surface area (Å²) in [7, 11) is 0. The average molecular weight is 527 g/mol. The summed E-state index contributed by atoms with van der Waals surface area (Å²) in [6, 6.07) is 19.7. The standard InChI is InChI=1S/C29H35F3N4.C2H6/c1-22(27-11-6-16-34-28(27)35-26-10-5-9-25(21-26)29(30,31)32)33-17-20-36-18-14-24(15-19-36)13-12-23-7-3-2-4-8-23;1-2/h2-11,16,21-22,24,33H,12-15,17-20H2,1H3,(H,34,35);1-2H3. The van der Waals surface area contributed by atoms with Crippen molar-refractivity contribution in [1.82, 2.24) is 15.2 Å². The molecular formula is C31H41F3N4. The molecule has 1 saturated heterocycles. The Morgan fingerprint density at radius 3 is 2.42 bits per heavy atom. The number of likely N-dealkylation sites (tertiary alicyclic amines) is 1. The number of anilines is 2. The van der Waals surface area contributed by atoms with E-state index in [0.29, 0.717) is 11.5 Å². The van der Waals surface area contributed by atoms with Gasteiger partial charge in [-0.2, -0.15) is 13.2 Å². The first-order valence-electron chi connectivity index (χ1n) is 13.8. The highest BCUT2D eigenvalue weighted by Gasteiger charge is 2.30. The molecule has 1 fully saturated rings. The lowest BCUT2D eigenvalue weighted by Crippen LogP contribution is -2.38. The summed E-state index contributed by atoms with van der Waals surface area (Å²) in [5.74, 6) is 1.37. The van der Waals surface area contributed by atoms with E-state index in [1.165, 1.54) is 30.9 Å². The first-order chi connectivity index (χ1) is 18.4. The molecule has 1 unspecified atom stereocenters. The minimum Gasteiger partial charge on any atom is -0.340 e. The fraction of sp³-hybridized carbons (Fsp3) is 0.452. The maximum Gasteiger partial charge on any atom is 0.416 e. The van der Waals surface area contributed by atoms with E-state index in [2.05, 4.69) is 57.8 Å². The second kappa shape index (κ2) is 14.9. The number of aromatic nitrogens is 1. The van der Waals surface area contributed by atoms with Crippen LogP contribution in [0.1, 0.15) is 62.8 Å². The van der Waals surface area contributed by atoms with Crippen LogP contribution in [0.15, 0.2) is 72.9 Å². The molecule has 0 saturated carbocycles. The van der Waals surface area contributed by atoms with Gasteiger partial charge in [0.1, 0.15) is 5.82 Å². The molecule has 1 aromatic heterocycles. The van der Waals surface area contributed by atoms with Gasteiger partial charge in [0.15, 0.2) is 0 Å². The van der Waals surface area contributed by atoms with Crippen LogP contribution in [0, 0.1) is 5.92 Å². The van der Waals surface area contributed by atoms with Gasteiger partial charge in [-0.25, -0.2) is 4.98 Å². The Hall–Kier alpha value is -2.90. The monoisotopic (exact) mass is 526 g/mol. The van der Waals surface area contributed by atoms with Crippen LogP contribution in [0.2, 0.25) is 0 Å². The number of rotatable bonds is 10. The maximum absolute atomic E-state index is 13.1. The molecule has 4 rings (SSSR count). The van der Waals surface area contributed by atoms with Crippen molar-refractivity contribution in [2.75, 3.05) is 31.5 Å². The summed E-state index contributed by atoms with van der Waals surface area (Å²) < 4.78 is 39.2. The van der Waals surface area contributed by atoms with E-state index in [1.54, 1.807) is 12.3 Å². The number of benzene rings is 2. The third-order valence-electron chi connectivity index (χ3n) is 7.03. The predicted molar refractivity (Wildman–Crippen MR) is 151 cm³/mol. The molecule has 3 aromatic rings. The van der Waals surface area contributed by atoms with E-state index in [0.717, 1.165) is 56.2 Å². The molecule has 0 radical (unpaired) electrons. The lowest BCUT2D eigenvalue weighted by molar-refractivity contribution is -0.137. The highest BCUT2D eigenvalue weighted by molar-refractivity contribution is 5.60. The summed E-state index contributed by atoms with van der Waals surface area (Å²) in [5.41, 5.74) is 2.04. The fourth-order valence-electron chi connectivity index (χ4n) is 4.84. The van der Waals surface area contributed by atoms with Gasteiger partial charge >= 0.3 is 6.18 Å². The molecule has 1 atom stereocenters. The SMILES string of the molecule is CC.CC(NCCN1CCC(CCc2ccccc2)CC1)c1cccnc1Nc1cccc(C(F)(F)F)c1. The van der Waals surface area contributed by atoms with Crippen molar-refractivity contribution in [3.8, 4) is 0 Å². The quantitative estimate of drug-likeness (QED) is 0.282. The smallest absolute Gasteiger partial charge is 0.340 e. The molecule has 0 amide bonds. The molecule has 0 spiro atoms. The molecule has 1 aliphatic rings. The topological polar surface area (TPSA) is 40.2 Å². The van der Waals surface area contributed by atoms with Crippen LogP contribution in [0.5, 0.6) is 0 Å². The lowest BCUT2D eigenvalue weighted by atomic mass is 9.90. The summed E-state index contributed by atoms with van der Waals surface area (Å²) in [4.78, 5) is 6.91. The highest BCUT2D eigenvalue weighted by Crippen LogP contribution is 2.32. The van der Waals surface area contributed by atoms with Crippen LogP contribution in [-0.2, 0) is 12.6 Å². The van der Waals surface area contributed by atoms with Crippen molar-refractivity contribution in [2.24, 2.45) is 5.92 Å². The van der Waals surface area contributed by atoms with Gasteiger partial charge in [0, 0.05) is 36.6 Å². The second-order valence-corrected chi connectivity index (χ2v) is 9.63. The first kappa shape index (κ1) is 29.7. The molecule has 38 heavy (non-hydrogen) atoms. The lowest BCUT2D eigenvalue weighted by Gasteiger charge is -2.32. The van der Waals surface area contributed by atoms with Crippen molar-refractivity contribution >= 4 is 11.5 Å². The van der Waals surface area contributed by atoms with E-state index < -0.39 is 11.7 Å². The number of piperidine rings is 1. The number of hydrogen-bond acceptors (Lipinski definition) is 4. The molecular weight excluding hydrogens is 485 g/mol. The van der Waals surface area contributed by atoms with Crippen molar-refractivity contribution in [2.45, 2.75) is 58.7 Å². The third-order valence-corrected chi connectivity index (χ3v) is 7.03. The number of alkyl halides is 3. The number of nitrogens with one attached hydrogen (secondary N) is 2. The van der Waals surface area contributed by atoms with Crippen LogP contribution in [0.3, 0.4) is 0 Å². The molecule has 206 valence electrons. The molecule has 1 aliphatic heterocycles. The summed E-state index contributed by atoms with van der Waals surface area (Å²) >= 11 is 0. The van der Waals surface area contributed by atoms with Gasteiger partial charge in [0.25, 0.3) is 0 Å². The van der Waals surface area contributed by atoms with Gasteiger partial charge < -0.3 is 15.5 Å². The van der Waals surface area contributed by atoms with Gasteiger partial charge in [-0.1, -0.05) is 56.3 Å². The summed E-state index contributed by atoms with van der Waals surface area (Å²) in [5, 5.41) is 6.64. The normalized spacial score (nSPS) is 15.4. The molecule has 7 heteroatoms. The maximum atomic E-state index is 13.1. The number of hydrogen-bond donors (Lipinski definition) is 2. The fourth-order valence-corrected chi connectivity index (χ4v) is 4.84. The number of nitrogens with zero attached hydrogens (tertiary/aromatic N) is 2. The number of halogens is 3. The largest absolute Gasteiger partial charge is 0.416 e. The van der Waals surface area contributed by atoms with Crippen molar-refractivity contribution in [1.29, 1.82) is 0 Å². The number of pyridine rings is 1. The van der Waals surface area contributed by atoms with Crippen LogP contribution in [-0.4, -0.2) is 36.1 Å². The van der Waals surface area contributed by atoms with Crippen LogP contribution in [0.25, 0.3) is 0 Å². The molecule has 2 aromatic carbocycles. The van der Waals surface area contributed by atoms with Crippen LogP contribution in [0.4, 0.5) is 24.7 Å². The Morgan fingerprint density at radius 2 is 1.71 bits per heavy atom. The zero-order chi connectivity index (χ0) is 27.4. The highest BCUT2D eigenvalue weighted by atomic mass is 19.4. The van der Waals surface area contributed by atoms with Gasteiger partial charge in [-0.3, -0.25) is 0 Å². The average Bonchev–Trinajstić information content (AvgIpc) is 2.94. The predicted octanol–water partition coefficient (Wildman–Crippen LogP) is 7.87. The zero-order valence-electron chi connectivity index (χ0n) is 22.8. The van der Waals surface area contributed by atoms with E-state index in [-0.39, 0.29) is 6.04 Å².